The Labute approximate surface area is 148 Å². The number of hydrogen-bond donors (Lipinski definition) is 1. The first kappa shape index (κ1) is 15.9. The number of hydrogen-bond acceptors (Lipinski definition) is 1. The van der Waals surface area contributed by atoms with Crippen molar-refractivity contribution in [2.75, 3.05) is 6.54 Å². The summed E-state index contributed by atoms with van der Waals surface area (Å²) in [7, 11) is 0. The van der Waals surface area contributed by atoms with Crippen molar-refractivity contribution in [1.29, 1.82) is 0 Å². The number of carbonyl (C=O) groups excluding carboxylic acids is 1. The van der Waals surface area contributed by atoms with E-state index in [0.717, 1.165) is 31.4 Å². The summed E-state index contributed by atoms with van der Waals surface area (Å²) in [6.07, 6.45) is 5.74. The summed E-state index contributed by atoms with van der Waals surface area (Å²) in [5.74, 6) is 0.256. The molecule has 1 aromatic heterocycles. The molecule has 128 valence electrons. The van der Waals surface area contributed by atoms with Crippen LogP contribution in [0.15, 0.2) is 54.7 Å². The van der Waals surface area contributed by atoms with Crippen molar-refractivity contribution in [3.05, 3.63) is 71.4 Å². The molecule has 25 heavy (non-hydrogen) atoms. The van der Waals surface area contributed by atoms with Crippen LogP contribution in [0.1, 0.15) is 29.5 Å². The van der Waals surface area contributed by atoms with E-state index in [1.807, 2.05) is 0 Å². The highest BCUT2D eigenvalue weighted by Gasteiger charge is 2.29. The van der Waals surface area contributed by atoms with Gasteiger partial charge in [0, 0.05) is 29.7 Å². The lowest BCUT2D eigenvalue weighted by atomic mass is 10.0. The van der Waals surface area contributed by atoms with Gasteiger partial charge in [-0.2, -0.15) is 0 Å². The van der Waals surface area contributed by atoms with Crippen LogP contribution in [0.2, 0.25) is 0 Å². The standard InChI is InChI=1S/C22H24N2O/c1-16-8-10-17(11-9-16)13-22(25)24-12-4-5-19(24)14-18-15-23-21-7-3-2-6-20(18)21/h2-3,6-11,15,19,23H,4-5,12-14H2,1H3. The number of fused-ring (bicyclic) bond motifs is 1. The molecule has 0 spiro atoms. The third kappa shape index (κ3) is 3.32. The molecular formula is C22H24N2O. The molecule has 1 aliphatic rings. The van der Waals surface area contributed by atoms with E-state index in [4.69, 9.17) is 0 Å². The molecule has 4 rings (SSSR count). The van der Waals surface area contributed by atoms with Gasteiger partial charge in [-0.1, -0.05) is 48.0 Å². The first-order valence-corrected chi connectivity index (χ1v) is 9.11. The predicted octanol–water partition coefficient (Wildman–Crippen LogP) is 4.25. The molecular weight excluding hydrogens is 308 g/mol. The molecule has 1 fully saturated rings. The first-order chi connectivity index (χ1) is 12.2. The minimum Gasteiger partial charge on any atom is -0.361 e. The third-order valence-corrected chi connectivity index (χ3v) is 5.30. The van der Waals surface area contributed by atoms with Crippen LogP contribution in [0.4, 0.5) is 0 Å². The van der Waals surface area contributed by atoms with Gasteiger partial charge in [0.05, 0.1) is 6.42 Å². The van der Waals surface area contributed by atoms with Gasteiger partial charge in [0.1, 0.15) is 0 Å². The van der Waals surface area contributed by atoms with Crippen LogP contribution in [-0.2, 0) is 17.6 Å². The number of para-hydroxylation sites is 1. The predicted molar refractivity (Wildman–Crippen MR) is 102 cm³/mol. The van der Waals surface area contributed by atoms with Gasteiger partial charge in [0.2, 0.25) is 5.91 Å². The van der Waals surface area contributed by atoms with Gasteiger partial charge in [-0.05, 0) is 43.4 Å². The highest BCUT2D eigenvalue weighted by Crippen LogP contribution is 2.26. The van der Waals surface area contributed by atoms with Crippen LogP contribution in [0, 0.1) is 6.92 Å². The lowest BCUT2D eigenvalue weighted by Crippen LogP contribution is -2.37. The molecule has 1 unspecified atom stereocenters. The van der Waals surface area contributed by atoms with Gasteiger partial charge < -0.3 is 9.88 Å². The van der Waals surface area contributed by atoms with Gasteiger partial charge >= 0.3 is 0 Å². The highest BCUT2D eigenvalue weighted by atomic mass is 16.2. The quantitative estimate of drug-likeness (QED) is 0.762. The minimum absolute atomic E-state index is 0.256. The molecule has 1 atom stereocenters. The minimum atomic E-state index is 0.256. The van der Waals surface area contributed by atoms with Crippen molar-refractivity contribution in [3.63, 3.8) is 0 Å². The number of nitrogens with zero attached hydrogens (tertiary/aromatic N) is 1. The Morgan fingerprint density at radius 2 is 1.96 bits per heavy atom. The molecule has 1 amide bonds. The van der Waals surface area contributed by atoms with Gasteiger partial charge in [0.15, 0.2) is 0 Å². The van der Waals surface area contributed by atoms with E-state index in [0.29, 0.717) is 12.5 Å². The number of aromatic nitrogens is 1. The molecule has 1 aliphatic heterocycles. The zero-order valence-corrected chi connectivity index (χ0v) is 14.7. The number of amides is 1. The summed E-state index contributed by atoms with van der Waals surface area (Å²) >= 11 is 0. The van der Waals surface area contributed by atoms with Gasteiger partial charge in [0.25, 0.3) is 0 Å². The molecule has 3 heteroatoms. The molecule has 3 nitrogen and oxygen atoms in total. The Morgan fingerprint density at radius 3 is 2.80 bits per heavy atom. The normalized spacial score (nSPS) is 17.3. The van der Waals surface area contributed by atoms with Crippen molar-refractivity contribution < 1.29 is 4.79 Å². The van der Waals surface area contributed by atoms with Crippen LogP contribution in [-0.4, -0.2) is 28.4 Å². The van der Waals surface area contributed by atoms with E-state index < -0.39 is 0 Å². The Balaban J connectivity index is 1.48. The van der Waals surface area contributed by atoms with E-state index in [-0.39, 0.29) is 5.91 Å². The first-order valence-electron chi connectivity index (χ1n) is 9.11. The maximum atomic E-state index is 12.8. The van der Waals surface area contributed by atoms with Crippen LogP contribution < -0.4 is 0 Å². The molecule has 2 heterocycles. The van der Waals surface area contributed by atoms with E-state index in [9.17, 15) is 4.79 Å². The number of benzene rings is 2. The van der Waals surface area contributed by atoms with E-state index in [2.05, 4.69) is 71.5 Å². The fraction of sp³-hybridized carbons (Fsp3) is 0.318. The Hall–Kier alpha value is -2.55. The van der Waals surface area contributed by atoms with Crippen LogP contribution >= 0.6 is 0 Å². The Morgan fingerprint density at radius 1 is 1.16 bits per heavy atom. The van der Waals surface area contributed by atoms with E-state index >= 15 is 0 Å². The maximum Gasteiger partial charge on any atom is 0.227 e. The largest absolute Gasteiger partial charge is 0.361 e. The zero-order valence-electron chi connectivity index (χ0n) is 14.7. The second kappa shape index (κ2) is 6.75. The summed E-state index contributed by atoms with van der Waals surface area (Å²) in [5.41, 5.74) is 4.83. The summed E-state index contributed by atoms with van der Waals surface area (Å²) in [4.78, 5) is 18.3. The topological polar surface area (TPSA) is 36.1 Å². The zero-order chi connectivity index (χ0) is 17.2. The van der Waals surface area contributed by atoms with Crippen molar-refractivity contribution in [2.24, 2.45) is 0 Å². The number of nitrogens with one attached hydrogen (secondary N) is 1. The summed E-state index contributed by atoms with van der Waals surface area (Å²) in [6.45, 7) is 2.96. The summed E-state index contributed by atoms with van der Waals surface area (Å²) in [5, 5.41) is 1.28. The van der Waals surface area contributed by atoms with E-state index in [1.165, 1.54) is 22.0 Å². The fourth-order valence-corrected chi connectivity index (χ4v) is 3.91. The molecule has 0 saturated carbocycles. The smallest absolute Gasteiger partial charge is 0.227 e. The fourth-order valence-electron chi connectivity index (χ4n) is 3.91. The van der Waals surface area contributed by atoms with Crippen LogP contribution in [0.5, 0.6) is 0 Å². The number of rotatable bonds is 4. The molecule has 1 N–H and O–H groups in total. The van der Waals surface area contributed by atoms with Crippen molar-refractivity contribution >= 4 is 16.8 Å². The molecule has 3 aromatic rings. The van der Waals surface area contributed by atoms with Crippen LogP contribution in [0.25, 0.3) is 10.9 Å². The van der Waals surface area contributed by atoms with Crippen molar-refractivity contribution in [2.45, 2.75) is 38.6 Å². The number of carbonyl (C=O) groups is 1. The number of aromatic amines is 1. The van der Waals surface area contributed by atoms with Gasteiger partial charge in [-0.3, -0.25) is 4.79 Å². The number of H-pyrrole nitrogens is 1. The Bertz CT molecular complexity index is 878. The third-order valence-electron chi connectivity index (χ3n) is 5.30. The number of likely N-dealkylation sites (tertiary alicyclic amines) is 1. The maximum absolute atomic E-state index is 12.8. The average Bonchev–Trinajstić information content (AvgIpc) is 3.25. The lowest BCUT2D eigenvalue weighted by Gasteiger charge is -2.25. The van der Waals surface area contributed by atoms with E-state index in [1.54, 1.807) is 0 Å². The number of aryl methyl sites for hydroxylation is 1. The molecule has 0 bridgehead atoms. The average molecular weight is 332 g/mol. The molecule has 1 saturated heterocycles. The van der Waals surface area contributed by atoms with Gasteiger partial charge in [-0.25, -0.2) is 0 Å². The van der Waals surface area contributed by atoms with Crippen molar-refractivity contribution in [3.8, 4) is 0 Å². The molecule has 0 aliphatic carbocycles. The Kier molecular flexibility index (Phi) is 4.31. The van der Waals surface area contributed by atoms with Crippen LogP contribution in [0.3, 0.4) is 0 Å². The highest BCUT2D eigenvalue weighted by molar-refractivity contribution is 5.83. The molecule has 0 radical (unpaired) electrons. The summed E-state index contributed by atoms with van der Waals surface area (Å²) in [6, 6.07) is 17.0. The molecule has 2 aromatic carbocycles. The lowest BCUT2D eigenvalue weighted by molar-refractivity contribution is -0.131. The SMILES string of the molecule is Cc1ccc(CC(=O)N2CCCC2Cc2c[nH]c3ccccc23)cc1. The van der Waals surface area contributed by atoms with Gasteiger partial charge in [-0.15, -0.1) is 0 Å². The second-order valence-corrected chi connectivity index (χ2v) is 7.11. The summed E-state index contributed by atoms with van der Waals surface area (Å²) < 4.78 is 0. The monoisotopic (exact) mass is 332 g/mol. The second-order valence-electron chi connectivity index (χ2n) is 7.11. The van der Waals surface area contributed by atoms with Crippen molar-refractivity contribution in [1.82, 2.24) is 9.88 Å².